The molecule has 0 saturated heterocycles. The molecule has 0 spiro atoms. The van der Waals surface area contributed by atoms with Crippen LogP contribution < -0.4 is 10.5 Å². The maximum atomic E-state index is 12.2. The number of hydrogen-bond donors (Lipinski definition) is 1. The molecule has 2 N–H and O–H groups in total. The van der Waals surface area contributed by atoms with E-state index in [0.717, 1.165) is 18.2 Å². The molecule has 174 valence electrons. The summed E-state index contributed by atoms with van der Waals surface area (Å²) < 4.78 is 55.8. The number of aromatic nitrogens is 2. The molecule has 2 heterocycles. The van der Waals surface area contributed by atoms with Crippen molar-refractivity contribution in [3.63, 3.8) is 0 Å². The van der Waals surface area contributed by atoms with Crippen molar-refractivity contribution in [1.82, 2.24) is 9.97 Å². The molecule has 3 aromatic rings. The highest BCUT2D eigenvalue weighted by Crippen LogP contribution is 2.29. The Morgan fingerprint density at radius 3 is 2.48 bits per heavy atom. The van der Waals surface area contributed by atoms with Crippen LogP contribution in [0.3, 0.4) is 0 Å². The number of nitrogens with two attached hydrogens (primary N) is 1. The molecule has 0 aliphatic carbocycles. The average molecular weight is 465 g/mol. The van der Waals surface area contributed by atoms with Gasteiger partial charge in [-0.15, -0.1) is 13.2 Å². The summed E-state index contributed by atoms with van der Waals surface area (Å²) in [4.78, 5) is 32.2. The number of alkyl halides is 3. The summed E-state index contributed by atoms with van der Waals surface area (Å²) in [5, 5.41) is 0.207. The Hall–Kier alpha value is -4.09. The number of aryl methyl sites for hydroxylation is 1. The molecule has 9 nitrogen and oxygen atoms in total. The standard InChI is InChI=1S/C21H18F3N3O6/c1-3-30-20(29)16-11(2)32-19-17(16)18(25)26-14(27-19)10-31-15(28)9-6-12-4-7-13(8-5-12)33-21(22,23)24/h4-9H,3,10H2,1-2H3,(H2,25,26,27)/b9-6+. The lowest BCUT2D eigenvalue weighted by Crippen LogP contribution is -2.16. The van der Waals surface area contributed by atoms with Crippen LogP contribution in [0.15, 0.2) is 34.8 Å². The number of benzene rings is 1. The number of fused-ring (bicyclic) bond motifs is 1. The van der Waals surface area contributed by atoms with E-state index in [4.69, 9.17) is 19.6 Å². The van der Waals surface area contributed by atoms with Crippen LogP contribution >= 0.6 is 0 Å². The van der Waals surface area contributed by atoms with Gasteiger partial charge in [-0.2, -0.15) is 4.98 Å². The third-order valence-corrected chi connectivity index (χ3v) is 4.15. The lowest BCUT2D eigenvalue weighted by Gasteiger charge is -2.08. The van der Waals surface area contributed by atoms with E-state index < -0.39 is 18.3 Å². The van der Waals surface area contributed by atoms with E-state index in [0.29, 0.717) is 5.56 Å². The highest BCUT2D eigenvalue weighted by molar-refractivity contribution is 6.07. The number of ether oxygens (including phenoxy) is 3. The van der Waals surface area contributed by atoms with Crippen LogP contribution in [0.1, 0.15) is 34.4 Å². The van der Waals surface area contributed by atoms with Gasteiger partial charge in [-0.1, -0.05) is 12.1 Å². The average Bonchev–Trinajstić information content (AvgIpc) is 3.07. The zero-order valence-electron chi connectivity index (χ0n) is 17.4. The van der Waals surface area contributed by atoms with Gasteiger partial charge >= 0.3 is 18.3 Å². The van der Waals surface area contributed by atoms with Crippen molar-refractivity contribution in [2.75, 3.05) is 12.3 Å². The van der Waals surface area contributed by atoms with Gasteiger partial charge in [0.05, 0.1) is 12.0 Å². The van der Waals surface area contributed by atoms with Crippen LogP contribution in [0.2, 0.25) is 0 Å². The molecule has 12 heteroatoms. The summed E-state index contributed by atoms with van der Waals surface area (Å²) in [6.45, 7) is 3.04. The second-order valence-corrected chi connectivity index (χ2v) is 6.52. The second kappa shape index (κ2) is 9.59. The molecule has 2 aromatic heterocycles. The number of esters is 2. The minimum atomic E-state index is -4.79. The molecule has 0 fully saturated rings. The van der Waals surface area contributed by atoms with Crippen molar-refractivity contribution in [1.29, 1.82) is 0 Å². The molecular weight excluding hydrogens is 447 g/mol. The molecule has 0 aliphatic heterocycles. The van der Waals surface area contributed by atoms with E-state index in [1.165, 1.54) is 18.2 Å². The molecule has 0 atom stereocenters. The predicted octanol–water partition coefficient (Wildman–Crippen LogP) is 3.95. The van der Waals surface area contributed by atoms with E-state index in [-0.39, 0.29) is 53.0 Å². The summed E-state index contributed by atoms with van der Waals surface area (Å²) in [6.07, 6.45) is -2.36. The molecule has 33 heavy (non-hydrogen) atoms. The summed E-state index contributed by atoms with van der Waals surface area (Å²) in [5.41, 5.74) is 6.56. The fraction of sp³-hybridized carbons (Fsp3) is 0.238. The first kappa shape index (κ1) is 23.6. The predicted molar refractivity (Wildman–Crippen MR) is 109 cm³/mol. The number of anilines is 1. The lowest BCUT2D eigenvalue weighted by molar-refractivity contribution is -0.274. The van der Waals surface area contributed by atoms with Gasteiger partial charge in [0.2, 0.25) is 5.71 Å². The van der Waals surface area contributed by atoms with Crippen molar-refractivity contribution in [2.24, 2.45) is 0 Å². The number of carbonyl (C=O) groups is 2. The molecule has 1 aromatic carbocycles. The van der Waals surface area contributed by atoms with Crippen LogP contribution in [-0.4, -0.2) is 34.9 Å². The van der Waals surface area contributed by atoms with Gasteiger partial charge in [-0.3, -0.25) is 0 Å². The highest BCUT2D eigenvalue weighted by Gasteiger charge is 2.31. The van der Waals surface area contributed by atoms with Crippen molar-refractivity contribution in [3.05, 3.63) is 53.1 Å². The quantitative estimate of drug-likeness (QED) is 0.408. The van der Waals surface area contributed by atoms with E-state index in [9.17, 15) is 22.8 Å². The maximum Gasteiger partial charge on any atom is 0.573 e. The summed E-state index contributed by atoms with van der Waals surface area (Å²) in [5.74, 6) is -1.50. The Morgan fingerprint density at radius 2 is 1.85 bits per heavy atom. The van der Waals surface area contributed by atoms with Gasteiger partial charge in [0.25, 0.3) is 0 Å². The molecular formula is C21H18F3N3O6. The molecule has 3 rings (SSSR count). The number of carbonyl (C=O) groups excluding carboxylic acids is 2. The van der Waals surface area contributed by atoms with Crippen LogP contribution in [0, 0.1) is 6.92 Å². The number of nitrogen functional groups attached to an aromatic ring is 1. The SMILES string of the molecule is CCOC(=O)c1c(C)oc2nc(COC(=O)/C=C/c3ccc(OC(F)(F)F)cc3)nc(N)c12. The Balaban J connectivity index is 1.65. The van der Waals surface area contributed by atoms with Crippen molar-refractivity contribution >= 4 is 34.9 Å². The van der Waals surface area contributed by atoms with Gasteiger partial charge in [0.1, 0.15) is 22.9 Å². The van der Waals surface area contributed by atoms with Gasteiger partial charge in [0.15, 0.2) is 12.4 Å². The van der Waals surface area contributed by atoms with Gasteiger partial charge < -0.3 is 24.4 Å². The lowest BCUT2D eigenvalue weighted by atomic mass is 10.2. The van der Waals surface area contributed by atoms with Crippen molar-refractivity contribution in [2.45, 2.75) is 26.8 Å². The van der Waals surface area contributed by atoms with Crippen LogP contribution in [0.5, 0.6) is 5.75 Å². The second-order valence-electron chi connectivity index (χ2n) is 6.52. The zero-order chi connectivity index (χ0) is 24.2. The number of furan rings is 1. The normalized spacial score (nSPS) is 11.7. The molecule has 0 saturated carbocycles. The molecule has 0 amide bonds. The van der Waals surface area contributed by atoms with E-state index >= 15 is 0 Å². The number of hydrogen-bond acceptors (Lipinski definition) is 9. The van der Waals surface area contributed by atoms with Gasteiger partial charge in [0, 0.05) is 6.08 Å². The zero-order valence-corrected chi connectivity index (χ0v) is 17.4. The van der Waals surface area contributed by atoms with Gasteiger partial charge in [-0.05, 0) is 37.6 Å². The number of halogens is 3. The Bertz CT molecular complexity index is 1200. The summed E-state index contributed by atoms with van der Waals surface area (Å²) >= 11 is 0. The highest BCUT2D eigenvalue weighted by atomic mass is 19.4. The van der Waals surface area contributed by atoms with Crippen LogP contribution in [0.25, 0.3) is 17.2 Å². The van der Waals surface area contributed by atoms with E-state index in [1.54, 1.807) is 13.8 Å². The first-order chi connectivity index (χ1) is 15.6. The summed E-state index contributed by atoms with van der Waals surface area (Å²) in [7, 11) is 0. The number of nitrogens with zero attached hydrogens (tertiary/aromatic N) is 2. The third-order valence-electron chi connectivity index (χ3n) is 4.15. The maximum absolute atomic E-state index is 12.2. The minimum Gasteiger partial charge on any atom is -0.462 e. The molecule has 0 unspecified atom stereocenters. The topological polar surface area (TPSA) is 127 Å². The third kappa shape index (κ3) is 5.99. The molecule has 0 radical (unpaired) electrons. The fourth-order valence-corrected chi connectivity index (χ4v) is 2.83. The largest absolute Gasteiger partial charge is 0.573 e. The van der Waals surface area contributed by atoms with E-state index in [1.807, 2.05) is 0 Å². The summed E-state index contributed by atoms with van der Waals surface area (Å²) in [6, 6.07) is 4.90. The monoisotopic (exact) mass is 465 g/mol. The van der Waals surface area contributed by atoms with Gasteiger partial charge in [-0.25, -0.2) is 14.6 Å². The Labute approximate surface area is 184 Å². The van der Waals surface area contributed by atoms with Crippen LogP contribution in [0.4, 0.5) is 19.0 Å². The Morgan fingerprint density at radius 1 is 1.15 bits per heavy atom. The smallest absolute Gasteiger partial charge is 0.462 e. The van der Waals surface area contributed by atoms with Crippen molar-refractivity contribution < 1.29 is 41.4 Å². The van der Waals surface area contributed by atoms with E-state index in [2.05, 4.69) is 14.7 Å². The fourth-order valence-electron chi connectivity index (χ4n) is 2.83. The van der Waals surface area contributed by atoms with Crippen LogP contribution in [-0.2, 0) is 20.9 Å². The first-order valence-electron chi connectivity index (χ1n) is 9.50. The number of rotatable bonds is 7. The Kier molecular flexibility index (Phi) is 6.85. The van der Waals surface area contributed by atoms with Crippen molar-refractivity contribution in [3.8, 4) is 5.75 Å². The molecule has 0 aliphatic rings. The minimum absolute atomic E-state index is 0.0392. The molecule has 0 bridgehead atoms. The first-order valence-corrected chi connectivity index (χ1v) is 9.50.